The van der Waals surface area contributed by atoms with Crippen molar-refractivity contribution >= 4 is 28.8 Å². The van der Waals surface area contributed by atoms with Crippen LogP contribution in [-0.2, 0) is 25.9 Å². The van der Waals surface area contributed by atoms with Crippen molar-refractivity contribution in [2.24, 2.45) is 0 Å². The van der Waals surface area contributed by atoms with Gasteiger partial charge in [0.05, 0.1) is 24.0 Å². The predicted molar refractivity (Wildman–Crippen MR) is 91.7 cm³/mol. The zero-order valence-corrected chi connectivity index (χ0v) is 14.2. The van der Waals surface area contributed by atoms with Gasteiger partial charge in [0.25, 0.3) is 0 Å². The number of nitrogens with one attached hydrogen (secondary N) is 2. The minimum Gasteiger partial charge on any atom is -0.332 e. The molecule has 0 saturated carbocycles. The minimum atomic E-state index is -0.110. The number of nitrogens with zero attached hydrogens (tertiary/aromatic N) is 4. The second-order valence-corrected chi connectivity index (χ2v) is 6.61. The minimum absolute atomic E-state index is 0.110. The molecule has 2 N–H and O–H groups in total. The lowest BCUT2D eigenvalue weighted by atomic mass is 10.2. The van der Waals surface area contributed by atoms with Gasteiger partial charge in [0.15, 0.2) is 0 Å². The quantitative estimate of drug-likeness (QED) is 0.761. The molecule has 1 aromatic carbocycles. The fraction of sp³-hybridized carbons (Fsp3) is 0.375. The average Bonchev–Trinajstić information content (AvgIpc) is 3.29. The van der Waals surface area contributed by atoms with Gasteiger partial charge >= 0.3 is 6.03 Å². The SMILES string of the molecule is CN(Cc1ccc2nsnc2c1)C(=O)NCc1n[nH]c2c1CCC2. The maximum Gasteiger partial charge on any atom is 0.317 e. The van der Waals surface area contributed by atoms with Crippen molar-refractivity contribution in [2.75, 3.05) is 7.05 Å². The number of hydrogen-bond acceptors (Lipinski definition) is 5. The Kier molecular flexibility index (Phi) is 3.89. The van der Waals surface area contributed by atoms with Crippen LogP contribution in [0.1, 0.15) is 28.9 Å². The van der Waals surface area contributed by atoms with Gasteiger partial charge in [-0.1, -0.05) is 6.07 Å². The van der Waals surface area contributed by atoms with E-state index in [1.165, 1.54) is 29.4 Å². The van der Waals surface area contributed by atoms with Crippen molar-refractivity contribution in [3.05, 3.63) is 40.7 Å². The zero-order valence-electron chi connectivity index (χ0n) is 13.4. The van der Waals surface area contributed by atoms with Gasteiger partial charge in [-0.2, -0.15) is 13.8 Å². The van der Waals surface area contributed by atoms with Crippen LogP contribution in [0.15, 0.2) is 18.2 Å². The zero-order chi connectivity index (χ0) is 16.5. The van der Waals surface area contributed by atoms with E-state index in [-0.39, 0.29) is 6.03 Å². The highest BCUT2D eigenvalue weighted by molar-refractivity contribution is 7.00. The molecule has 8 heteroatoms. The van der Waals surface area contributed by atoms with Gasteiger partial charge in [-0.15, -0.1) is 0 Å². The molecule has 0 unspecified atom stereocenters. The number of aromatic amines is 1. The van der Waals surface area contributed by atoms with Crippen molar-refractivity contribution in [2.45, 2.75) is 32.4 Å². The Morgan fingerprint density at radius 1 is 1.33 bits per heavy atom. The number of fused-ring (bicyclic) bond motifs is 2. The van der Waals surface area contributed by atoms with Crippen LogP contribution < -0.4 is 5.32 Å². The molecule has 0 spiro atoms. The van der Waals surface area contributed by atoms with Crippen LogP contribution in [0.25, 0.3) is 11.0 Å². The van der Waals surface area contributed by atoms with E-state index in [2.05, 4.69) is 24.3 Å². The van der Waals surface area contributed by atoms with Gasteiger partial charge in [0.2, 0.25) is 0 Å². The Labute approximate surface area is 143 Å². The standard InChI is InChI=1S/C16H18N6OS/c1-22(9-10-5-6-13-14(7-10)21-24-20-13)16(23)17-8-15-11-3-2-4-12(11)18-19-15/h5-7H,2-4,8-9H2,1H3,(H,17,23)(H,18,19). The number of benzene rings is 1. The van der Waals surface area contributed by atoms with Crippen LogP contribution in [0.2, 0.25) is 0 Å². The number of amides is 2. The smallest absolute Gasteiger partial charge is 0.317 e. The van der Waals surface area contributed by atoms with Gasteiger partial charge in [-0.3, -0.25) is 5.10 Å². The Balaban J connectivity index is 1.36. The fourth-order valence-electron chi connectivity index (χ4n) is 3.10. The maximum atomic E-state index is 12.3. The molecule has 1 aliphatic rings. The molecule has 0 fully saturated rings. The van der Waals surface area contributed by atoms with E-state index in [1.54, 1.807) is 11.9 Å². The van der Waals surface area contributed by atoms with Crippen molar-refractivity contribution in [1.29, 1.82) is 0 Å². The molecule has 0 bridgehead atoms. The number of rotatable bonds is 4. The molecule has 2 amide bonds. The molecule has 2 aromatic heterocycles. The molecule has 0 atom stereocenters. The first kappa shape index (κ1) is 15.1. The molecular formula is C16H18N6OS. The molecule has 24 heavy (non-hydrogen) atoms. The third kappa shape index (κ3) is 2.84. The van der Waals surface area contributed by atoms with E-state index in [0.29, 0.717) is 13.1 Å². The van der Waals surface area contributed by atoms with Crippen LogP contribution in [0, 0.1) is 0 Å². The molecule has 124 valence electrons. The fourth-order valence-corrected chi connectivity index (χ4v) is 3.62. The van der Waals surface area contributed by atoms with Gasteiger partial charge in [-0.05, 0) is 42.5 Å². The number of aryl methyl sites for hydroxylation is 1. The van der Waals surface area contributed by atoms with Crippen molar-refractivity contribution in [3.8, 4) is 0 Å². The Hall–Kier alpha value is -2.48. The van der Waals surface area contributed by atoms with Crippen LogP contribution in [-0.4, -0.2) is 36.9 Å². The van der Waals surface area contributed by atoms with Gasteiger partial charge in [-0.25, -0.2) is 4.79 Å². The molecule has 1 aliphatic carbocycles. The van der Waals surface area contributed by atoms with Crippen LogP contribution >= 0.6 is 11.7 Å². The molecule has 0 saturated heterocycles. The summed E-state index contributed by atoms with van der Waals surface area (Å²) in [7, 11) is 1.79. The topological polar surface area (TPSA) is 86.8 Å². The molecular weight excluding hydrogens is 324 g/mol. The maximum absolute atomic E-state index is 12.3. The van der Waals surface area contributed by atoms with E-state index in [0.717, 1.165) is 35.1 Å². The van der Waals surface area contributed by atoms with E-state index in [4.69, 9.17) is 0 Å². The first-order valence-corrected chi connectivity index (χ1v) is 8.69. The Morgan fingerprint density at radius 2 is 2.21 bits per heavy atom. The summed E-state index contributed by atoms with van der Waals surface area (Å²) < 4.78 is 8.42. The van der Waals surface area contributed by atoms with Crippen molar-refractivity contribution < 1.29 is 4.79 Å². The van der Waals surface area contributed by atoms with Gasteiger partial charge in [0.1, 0.15) is 11.0 Å². The highest BCUT2D eigenvalue weighted by Crippen LogP contribution is 2.22. The predicted octanol–water partition coefficient (Wildman–Crippen LogP) is 2.24. The lowest BCUT2D eigenvalue weighted by Gasteiger charge is -2.18. The number of carbonyl (C=O) groups is 1. The van der Waals surface area contributed by atoms with Crippen molar-refractivity contribution in [3.63, 3.8) is 0 Å². The highest BCUT2D eigenvalue weighted by atomic mass is 32.1. The van der Waals surface area contributed by atoms with E-state index in [9.17, 15) is 4.79 Å². The monoisotopic (exact) mass is 342 g/mol. The van der Waals surface area contributed by atoms with Crippen molar-refractivity contribution in [1.82, 2.24) is 29.2 Å². The van der Waals surface area contributed by atoms with Crippen LogP contribution in [0.5, 0.6) is 0 Å². The summed E-state index contributed by atoms with van der Waals surface area (Å²) in [4.78, 5) is 14.0. The number of urea groups is 1. The Bertz CT molecular complexity index is 886. The van der Waals surface area contributed by atoms with Gasteiger partial charge < -0.3 is 10.2 Å². The second kappa shape index (κ2) is 6.20. The van der Waals surface area contributed by atoms with Gasteiger partial charge in [0, 0.05) is 19.3 Å². The van der Waals surface area contributed by atoms with E-state index >= 15 is 0 Å². The summed E-state index contributed by atoms with van der Waals surface area (Å²) >= 11 is 1.20. The first-order chi connectivity index (χ1) is 11.7. The van der Waals surface area contributed by atoms with E-state index in [1.807, 2.05) is 18.2 Å². The van der Waals surface area contributed by atoms with Crippen LogP contribution in [0.4, 0.5) is 4.79 Å². The summed E-state index contributed by atoms with van der Waals surface area (Å²) in [6.07, 6.45) is 3.27. The summed E-state index contributed by atoms with van der Waals surface area (Å²) in [5.41, 5.74) is 6.26. The molecule has 0 aliphatic heterocycles. The first-order valence-electron chi connectivity index (χ1n) is 7.96. The van der Waals surface area contributed by atoms with E-state index < -0.39 is 0 Å². The normalized spacial score (nSPS) is 13.2. The number of H-pyrrole nitrogens is 1. The second-order valence-electron chi connectivity index (χ2n) is 6.08. The number of aromatic nitrogens is 4. The summed E-state index contributed by atoms with van der Waals surface area (Å²) in [5.74, 6) is 0. The molecule has 3 aromatic rings. The summed E-state index contributed by atoms with van der Waals surface area (Å²) in [6.45, 7) is 0.988. The molecule has 7 nitrogen and oxygen atoms in total. The number of carbonyl (C=O) groups excluding carboxylic acids is 1. The molecule has 0 radical (unpaired) electrons. The molecule has 4 rings (SSSR count). The average molecular weight is 342 g/mol. The third-order valence-corrected chi connectivity index (χ3v) is 4.94. The Morgan fingerprint density at radius 3 is 3.12 bits per heavy atom. The summed E-state index contributed by atoms with van der Waals surface area (Å²) in [5, 5.41) is 10.3. The lowest BCUT2D eigenvalue weighted by molar-refractivity contribution is 0.206. The highest BCUT2D eigenvalue weighted by Gasteiger charge is 2.19. The summed E-state index contributed by atoms with van der Waals surface area (Å²) in [6, 6.07) is 5.78. The van der Waals surface area contributed by atoms with Crippen LogP contribution in [0.3, 0.4) is 0 Å². The lowest BCUT2D eigenvalue weighted by Crippen LogP contribution is -2.36. The number of hydrogen-bond donors (Lipinski definition) is 2. The third-order valence-electron chi connectivity index (χ3n) is 4.38. The molecule has 2 heterocycles. The largest absolute Gasteiger partial charge is 0.332 e.